The summed E-state index contributed by atoms with van der Waals surface area (Å²) in [4.78, 5) is 13.5. The van der Waals surface area contributed by atoms with E-state index in [-0.39, 0.29) is 17.7 Å². The first-order valence-electron chi connectivity index (χ1n) is 5.35. The third-order valence-corrected chi connectivity index (χ3v) is 3.13. The maximum Gasteiger partial charge on any atom is 0.224 e. The molecule has 0 aromatic carbocycles. The van der Waals surface area contributed by atoms with Crippen molar-refractivity contribution in [3.63, 3.8) is 0 Å². The van der Waals surface area contributed by atoms with Crippen LogP contribution in [0.25, 0.3) is 0 Å². The van der Waals surface area contributed by atoms with Gasteiger partial charge in [-0.1, -0.05) is 0 Å². The second kappa shape index (κ2) is 6.30. The van der Waals surface area contributed by atoms with Crippen molar-refractivity contribution in [2.45, 2.75) is 18.9 Å². The van der Waals surface area contributed by atoms with Crippen LogP contribution < -0.4 is 5.32 Å². The lowest BCUT2D eigenvalue weighted by Crippen LogP contribution is -2.45. The minimum atomic E-state index is -0.491. The summed E-state index contributed by atoms with van der Waals surface area (Å²) in [5, 5.41) is 12.1. The third kappa shape index (κ3) is 3.97. The molecule has 2 atom stereocenters. The van der Waals surface area contributed by atoms with E-state index in [1.165, 1.54) is 0 Å². The Labute approximate surface area is 95.6 Å². The van der Waals surface area contributed by atoms with E-state index in [2.05, 4.69) is 10.2 Å². The highest BCUT2D eigenvalue weighted by atomic mass is 35.5. The van der Waals surface area contributed by atoms with Crippen LogP contribution in [-0.2, 0) is 4.79 Å². The zero-order valence-electron chi connectivity index (χ0n) is 9.08. The van der Waals surface area contributed by atoms with Gasteiger partial charge in [-0.2, -0.15) is 0 Å². The second-order valence-electron chi connectivity index (χ2n) is 4.02. The van der Waals surface area contributed by atoms with E-state index < -0.39 is 6.10 Å². The summed E-state index contributed by atoms with van der Waals surface area (Å²) in [6.07, 6.45) is 1.45. The van der Waals surface area contributed by atoms with E-state index in [9.17, 15) is 9.90 Å². The number of alkyl halides is 1. The van der Waals surface area contributed by atoms with Gasteiger partial charge in [0.1, 0.15) is 0 Å². The number of likely N-dealkylation sites (tertiary alicyclic amines) is 1. The normalized spacial score (nSPS) is 24.9. The zero-order valence-corrected chi connectivity index (χ0v) is 9.83. The van der Waals surface area contributed by atoms with Crippen LogP contribution in [0.5, 0.6) is 0 Å². The Morgan fingerprint density at radius 3 is 3.07 bits per heavy atom. The molecule has 5 heteroatoms. The molecule has 1 amide bonds. The summed E-state index contributed by atoms with van der Waals surface area (Å²) >= 11 is 5.54. The Kier molecular flexibility index (Phi) is 5.36. The van der Waals surface area contributed by atoms with Crippen LogP contribution in [-0.4, -0.2) is 54.6 Å². The molecule has 0 spiro atoms. The number of carbonyl (C=O) groups is 1. The van der Waals surface area contributed by atoms with E-state index >= 15 is 0 Å². The Morgan fingerprint density at radius 2 is 2.47 bits per heavy atom. The fourth-order valence-corrected chi connectivity index (χ4v) is 2.08. The number of nitrogens with zero attached hydrogens (tertiary/aromatic N) is 1. The first kappa shape index (κ1) is 12.7. The van der Waals surface area contributed by atoms with Crippen LogP contribution in [0.15, 0.2) is 0 Å². The molecular formula is C10H19ClN2O2. The van der Waals surface area contributed by atoms with Crippen LogP contribution in [0.2, 0.25) is 0 Å². The van der Waals surface area contributed by atoms with E-state index in [1.54, 1.807) is 7.05 Å². The SMILES string of the molecule is CNC(=O)C1CCCN(CC(O)CCl)C1. The highest BCUT2D eigenvalue weighted by Gasteiger charge is 2.25. The molecule has 1 fully saturated rings. The van der Waals surface area contributed by atoms with Crippen LogP contribution in [0.3, 0.4) is 0 Å². The lowest BCUT2D eigenvalue weighted by Gasteiger charge is -2.32. The topological polar surface area (TPSA) is 52.6 Å². The molecule has 15 heavy (non-hydrogen) atoms. The van der Waals surface area contributed by atoms with Gasteiger partial charge in [0, 0.05) is 26.0 Å². The molecule has 2 N–H and O–H groups in total. The Bertz CT molecular complexity index is 214. The van der Waals surface area contributed by atoms with Crippen molar-refractivity contribution in [3.05, 3.63) is 0 Å². The van der Waals surface area contributed by atoms with Crippen LogP contribution in [0.4, 0.5) is 0 Å². The van der Waals surface area contributed by atoms with Gasteiger partial charge in [-0.3, -0.25) is 9.69 Å². The van der Waals surface area contributed by atoms with Crippen molar-refractivity contribution in [2.24, 2.45) is 5.92 Å². The minimum Gasteiger partial charge on any atom is -0.391 e. The highest BCUT2D eigenvalue weighted by Crippen LogP contribution is 2.16. The number of β-amino-alcohol motifs (C(OH)–C–C–N with tert-alkyl or cyclic N) is 1. The Morgan fingerprint density at radius 1 is 1.73 bits per heavy atom. The number of rotatable bonds is 4. The van der Waals surface area contributed by atoms with E-state index in [0.29, 0.717) is 6.54 Å². The van der Waals surface area contributed by atoms with E-state index in [0.717, 1.165) is 25.9 Å². The predicted octanol–water partition coefficient (Wildman–Crippen LogP) is 0.0441. The summed E-state index contributed by atoms with van der Waals surface area (Å²) in [6.45, 7) is 2.24. The second-order valence-corrected chi connectivity index (χ2v) is 4.33. The van der Waals surface area contributed by atoms with Crippen LogP contribution >= 0.6 is 11.6 Å². The predicted molar refractivity (Wildman–Crippen MR) is 60.0 cm³/mol. The average molecular weight is 235 g/mol. The largest absolute Gasteiger partial charge is 0.391 e. The molecule has 1 heterocycles. The standard InChI is InChI=1S/C10H19ClN2O2/c1-12-10(15)8-3-2-4-13(6-8)7-9(14)5-11/h8-9,14H,2-7H2,1H3,(H,12,15). The van der Waals surface area contributed by atoms with Crippen molar-refractivity contribution in [2.75, 3.05) is 32.6 Å². The van der Waals surface area contributed by atoms with Gasteiger partial charge in [-0.05, 0) is 19.4 Å². The van der Waals surface area contributed by atoms with Gasteiger partial charge < -0.3 is 10.4 Å². The van der Waals surface area contributed by atoms with Gasteiger partial charge in [-0.25, -0.2) is 0 Å². The number of amides is 1. The highest BCUT2D eigenvalue weighted by molar-refractivity contribution is 6.18. The molecule has 0 saturated carbocycles. The summed E-state index contributed by atoms with van der Waals surface area (Å²) < 4.78 is 0. The Hall–Kier alpha value is -0.320. The number of aliphatic hydroxyl groups is 1. The number of halogens is 1. The molecular weight excluding hydrogens is 216 g/mol. The molecule has 1 aliphatic rings. The Balaban J connectivity index is 2.38. The maximum atomic E-state index is 11.4. The van der Waals surface area contributed by atoms with Gasteiger partial charge in [0.2, 0.25) is 5.91 Å². The van der Waals surface area contributed by atoms with Gasteiger partial charge in [0.25, 0.3) is 0 Å². The molecule has 0 radical (unpaired) electrons. The number of nitrogens with one attached hydrogen (secondary N) is 1. The van der Waals surface area contributed by atoms with E-state index in [4.69, 9.17) is 11.6 Å². The molecule has 0 aromatic rings. The molecule has 88 valence electrons. The molecule has 1 aliphatic heterocycles. The number of aliphatic hydroxyl groups excluding tert-OH is 1. The molecule has 0 bridgehead atoms. The number of piperidine rings is 1. The van der Waals surface area contributed by atoms with Crippen molar-refractivity contribution in [1.29, 1.82) is 0 Å². The first-order valence-corrected chi connectivity index (χ1v) is 5.88. The van der Waals surface area contributed by atoms with Crippen molar-refractivity contribution >= 4 is 17.5 Å². The van der Waals surface area contributed by atoms with Crippen LogP contribution in [0.1, 0.15) is 12.8 Å². The zero-order chi connectivity index (χ0) is 11.3. The number of carbonyl (C=O) groups excluding carboxylic acids is 1. The van der Waals surface area contributed by atoms with Gasteiger partial charge >= 0.3 is 0 Å². The van der Waals surface area contributed by atoms with Crippen LogP contribution in [0, 0.1) is 5.92 Å². The quantitative estimate of drug-likeness (QED) is 0.676. The van der Waals surface area contributed by atoms with Crippen molar-refractivity contribution < 1.29 is 9.90 Å². The minimum absolute atomic E-state index is 0.0614. The molecule has 1 saturated heterocycles. The molecule has 4 nitrogen and oxygen atoms in total. The lowest BCUT2D eigenvalue weighted by molar-refractivity contribution is -0.126. The maximum absolute atomic E-state index is 11.4. The molecule has 0 aromatic heterocycles. The summed E-state index contributed by atoms with van der Waals surface area (Å²) in [7, 11) is 1.66. The fraction of sp³-hybridized carbons (Fsp3) is 0.900. The smallest absolute Gasteiger partial charge is 0.224 e. The van der Waals surface area contributed by atoms with Gasteiger partial charge in [0.15, 0.2) is 0 Å². The fourth-order valence-electron chi connectivity index (χ4n) is 1.99. The number of hydrogen-bond acceptors (Lipinski definition) is 3. The molecule has 0 aliphatic carbocycles. The molecule has 1 rings (SSSR count). The van der Waals surface area contributed by atoms with Gasteiger partial charge in [-0.15, -0.1) is 11.6 Å². The first-order chi connectivity index (χ1) is 7.17. The van der Waals surface area contributed by atoms with Crippen molar-refractivity contribution in [3.8, 4) is 0 Å². The summed E-state index contributed by atoms with van der Waals surface area (Å²) in [5.41, 5.74) is 0. The lowest BCUT2D eigenvalue weighted by atomic mass is 9.97. The molecule has 2 unspecified atom stereocenters. The summed E-state index contributed by atoms with van der Waals surface area (Å²) in [6, 6.07) is 0. The summed E-state index contributed by atoms with van der Waals surface area (Å²) in [5.74, 6) is 0.410. The number of hydrogen-bond donors (Lipinski definition) is 2. The average Bonchev–Trinajstić information content (AvgIpc) is 2.28. The van der Waals surface area contributed by atoms with E-state index in [1.807, 2.05) is 0 Å². The third-order valence-electron chi connectivity index (χ3n) is 2.77. The van der Waals surface area contributed by atoms with Gasteiger partial charge in [0.05, 0.1) is 12.0 Å². The van der Waals surface area contributed by atoms with Crippen molar-refractivity contribution in [1.82, 2.24) is 10.2 Å². The monoisotopic (exact) mass is 234 g/mol.